The summed E-state index contributed by atoms with van der Waals surface area (Å²) in [5.41, 5.74) is 7.08. The number of halogens is 1. The molecule has 1 N–H and O–H groups in total. The normalized spacial score (nSPS) is 19.1. The topological polar surface area (TPSA) is 117 Å². The molecule has 0 amide bonds. The van der Waals surface area contributed by atoms with Gasteiger partial charge in [-0.1, -0.05) is 12.5 Å². The average Bonchev–Trinajstić information content (AvgIpc) is 3.32. The smallest absolute Gasteiger partial charge is 0.341 e. The zero-order chi connectivity index (χ0) is 17.9. The highest BCUT2D eigenvalue weighted by atomic mass is 19.1. The van der Waals surface area contributed by atoms with Gasteiger partial charge in [-0.2, -0.15) is 0 Å². The summed E-state index contributed by atoms with van der Waals surface area (Å²) >= 11 is 0. The summed E-state index contributed by atoms with van der Waals surface area (Å²) in [5.74, 6) is -1.94. The van der Waals surface area contributed by atoms with Crippen LogP contribution in [0.25, 0.3) is 21.3 Å². The number of hydrogen-bond donors (Lipinski definition) is 1. The van der Waals surface area contributed by atoms with Crippen LogP contribution in [0.5, 0.6) is 5.75 Å². The number of carboxylic acid groups (broad SMARTS) is 1. The second-order valence-electron chi connectivity index (χ2n) is 6.42. The monoisotopic (exact) mass is 360 g/mol. The molecule has 1 aromatic carbocycles. The van der Waals surface area contributed by atoms with Crippen LogP contribution in [-0.2, 0) is 5.54 Å². The molecule has 4 rings (SSSR count). The van der Waals surface area contributed by atoms with Crippen molar-refractivity contribution in [2.24, 2.45) is 5.11 Å². The highest BCUT2D eigenvalue weighted by Gasteiger charge is 2.49. The molecule has 1 saturated carbocycles. The number of azide groups is 1. The van der Waals surface area contributed by atoms with Gasteiger partial charge >= 0.3 is 5.97 Å². The number of carbonyl (C=O) groups is 1. The van der Waals surface area contributed by atoms with Crippen molar-refractivity contribution in [2.45, 2.75) is 38.8 Å². The van der Waals surface area contributed by atoms with Crippen LogP contribution in [0.3, 0.4) is 0 Å². The predicted molar refractivity (Wildman–Crippen MR) is 92.1 cm³/mol. The van der Waals surface area contributed by atoms with Gasteiger partial charge in [-0.05, 0) is 31.4 Å². The van der Waals surface area contributed by atoms with Crippen LogP contribution in [0.2, 0.25) is 0 Å². The number of ether oxygens (including phenoxy) is 1. The molecule has 2 heterocycles. The van der Waals surface area contributed by atoms with Gasteiger partial charge < -0.3 is 14.4 Å². The number of rotatable bonds is 3. The lowest BCUT2D eigenvalue weighted by molar-refractivity contribution is 0.0694. The Hall–Kier alpha value is -3.06. The third kappa shape index (κ3) is 2.24. The summed E-state index contributed by atoms with van der Waals surface area (Å²) in [4.78, 5) is 26.6. The summed E-state index contributed by atoms with van der Waals surface area (Å²) in [7, 11) is 0. The van der Waals surface area contributed by atoms with E-state index >= 15 is 0 Å². The van der Waals surface area contributed by atoms with E-state index in [0.717, 1.165) is 6.07 Å². The minimum Gasteiger partial charge on any atom is -0.489 e. The molecule has 0 radical (unpaired) electrons. The quantitative estimate of drug-likeness (QED) is 0.510. The lowest BCUT2D eigenvalue weighted by atomic mass is 9.98. The van der Waals surface area contributed by atoms with Gasteiger partial charge in [0, 0.05) is 16.7 Å². The number of hydrogen-bond acceptors (Lipinski definition) is 4. The van der Waals surface area contributed by atoms with Gasteiger partial charge in [0.25, 0.3) is 0 Å². The number of carboxylic acids is 1. The van der Waals surface area contributed by atoms with Crippen LogP contribution >= 0.6 is 0 Å². The molecule has 0 saturated heterocycles. The van der Waals surface area contributed by atoms with Crippen molar-refractivity contribution < 1.29 is 19.0 Å². The van der Waals surface area contributed by atoms with Crippen molar-refractivity contribution in [2.75, 3.05) is 6.61 Å². The van der Waals surface area contributed by atoms with Crippen LogP contribution in [0.15, 0.2) is 22.2 Å². The Bertz CT molecular complexity index is 1050. The van der Waals surface area contributed by atoms with E-state index in [1.807, 2.05) is 6.92 Å². The molecule has 1 aliphatic carbocycles. The maximum atomic E-state index is 14.8. The molecule has 9 heteroatoms. The van der Waals surface area contributed by atoms with Crippen molar-refractivity contribution in [1.82, 2.24) is 4.57 Å². The Morgan fingerprint density at radius 1 is 1.54 bits per heavy atom. The summed E-state index contributed by atoms with van der Waals surface area (Å²) < 4.78 is 22.2. The van der Waals surface area contributed by atoms with Gasteiger partial charge in [0.2, 0.25) is 5.43 Å². The first kappa shape index (κ1) is 17.8. The predicted octanol–water partition coefficient (Wildman–Crippen LogP) is 3.73. The van der Waals surface area contributed by atoms with Gasteiger partial charge in [-0.15, -0.1) is 0 Å². The summed E-state index contributed by atoms with van der Waals surface area (Å²) in [6.07, 6.45) is 2.24. The highest BCUT2D eigenvalue weighted by Crippen LogP contribution is 2.55. The van der Waals surface area contributed by atoms with Crippen LogP contribution in [0, 0.1) is 5.82 Å². The lowest BCUT2D eigenvalue weighted by Gasteiger charge is -2.29. The minimum absolute atomic E-state index is 0. The fourth-order valence-electron chi connectivity index (χ4n) is 3.42. The lowest BCUT2D eigenvalue weighted by Crippen LogP contribution is -2.28. The van der Waals surface area contributed by atoms with Crippen molar-refractivity contribution >= 4 is 16.9 Å². The maximum Gasteiger partial charge on any atom is 0.341 e. The molecule has 8 nitrogen and oxygen atoms in total. The Morgan fingerprint density at radius 3 is 2.81 bits per heavy atom. The van der Waals surface area contributed by atoms with E-state index in [1.54, 1.807) is 4.57 Å². The second kappa shape index (κ2) is 5.74. The summed E-state index contributed by atoms with van der Waals surface area (Å²) in [5, 5.41) is 12.9. The zero-order valence-electron chi connectivity index (χ0n) is 13.2. The minimum atomic E-state index is -1.37. The highest BCUT2D eigenvalue weighted by molar-refractivity contribution is 5.95. The molecular weight excluding hydrogens is 343 g/mol. The van der Waals surface area contributed by atoms with E-state index in [1.165, 1.54) is 6.20 Å². The van der Waals surface area contributed by atoms with Crippen molar-refractivity contribution in [1.29, 1.82) is 0 Å². The Morgan fingerprint density at radius 2 is 2.23 bits per heavy atom. The first-order chi connectivity index (χ1) is 11.9. The molecule has 0 bridgehead atoms. The Balaban J connectivity index is 0.00000196. The molecule has 1 aromatic heterocycles. The number of benzene rings is 1. The number of pyridine rings is 1. The summed E-state index contributed by atoms with van der Waals surface area (Å²) in [6.45, 7) is 1.99. The maximum absolute atomic E-state index is 14.8. The number of aromatic carboxylic acids is 1. The SMILES string of the molecule is C.C[C@H]1COc2c(C3(N=[N+]=[N-])CC3)c(F)cc3c(=O)c(C(=O)O)cn1c23. The molecule has 26 heavy (non-hydrogen) atoms. The second-order valence-corrected chi connectivity index (χ2v) is 6.42. The van der Waals surface area contributed by atoms with E-state index in [4.69, 9.17) is 10.3 Å². The number of nitrogens with zero attached hydrogens (tertiary/aromatic N) is 4. The van der Waals surface area contributed by atoms with Gasteiger partial charge in [-0.25, -0.2) is 9.18 Å². The Labute approximate surface area is 147 Å². The zero-order valence-corrected chi connectivity index (χ0v) is 13.2. The molecule has 136 valence electrons. The van der Waals surface area contributed by atoms with E-state index in [0.29, 0.717) is 18.4 Å². The van der Waals surface area contributed by atoms with E-state index < -0.39 is 28.3 Å². The molecule has 0 spiro atoms. The largest absolute Gasteiger partial charge is 0.489 e. The first-order valence-electron chi connectivity index (χ1n) is 7.74. The van der Waals surface area contributed by atoms with Gasteiger partial charge in [0.05, 0.1) is 22.5 Å². The van der Waals surface area contributed by atoms with E-state index in [-0.39, 0.29) is 36.8 Å². The molecule has 2 aromatic rings. The van der Waals surface area contributed by atoms with Crippen LogP contribution in [-0.4, -0.2) is 22.2 Å². The van der Waals surface area contributed by atoms with Crippen molar-refractivity contribution in [3.05, 3.63) is 49.9 Å². The molecule has 1 atom stereocenters. The van der Waals surface area contributed by atoms with Crippen LogP contribution < -0.4 is 10.2 Å². The molecule has 2 aliphatic rings. The van der Waals surface area contributed by atoms with E-state index in [9.17, 15) is 19.1 Å². The number of aromatic nitrogens is 1. The van der Waals surface area contributed by atoms with E-state index in [2.05, 4.69) is 10.0 Å². The molecule has 1 fully saturated rings. The van der Waals surface area contributed by atoms with Gasteiger partial charge in [-0.3, -0.25) is 4.79 Å². The van der Waals surface area contributed by atoms with Crippen LogP contribution in [0.4, 0.5) is 4.39 Å². The molecule has 0 unspecified atom stereocenters. The summed E-state index contributed by atoms with van der Waals surface area (Å²) in [6, 6.07) is 0.787. The molecule has 1 aliphatic heterocycles. The first-order valence-corrected chi connectivity index (χ1v) is 7.74. The van der Waals surface area contributed by atoms with Crippen molar-refractivity contribution in [3.63, 3.8) is 0 Å². The van der Waals surface area contributed by atoms with Gasteiger partial charge in [0.1, 0.15) is 18.0 Å². The molecular formula is C17H17FN4O4. The third-order valence-corrected chi connectivity index (χ3v) is 4.82. The van der Waals surface area contributed by atoms with Crippen molar-refractivity contribution in [3.8, 4) is 5.75 Å². The average molecular weight is 360 g/mol. The fraction of sp³-hybridized carbons (Fsp3) is 0.412. The van der Waals surface area contributed by atoms with Gasteiger partial charge in [0.15, 0.2) is 5.75 Å². The standard InChI is InChI=1S/C16H13FN4O4.CH4/c1-7-6-25-14-11(16(2-3-16)19-20-18)10(17)4-8-12(14)21(7)5-9(13(8)22)15(23)24;/h4-5,7H,2-3,6H2,1H3,(H,23,24);1H4/t7-;/m0./s1. The Kier molecular flexibility index (Phi) is 3.92. The van der Waals surface area contributed by atoms with Crippen LogP contribution in [0.1, 0.15) is 49.2 Å². The fourth-order valence-corrected chi connectivity index (χ4v) is 3.42. The third-order valence-electron chi connectivity index (χ3n) is 4.82.